The van der Waals surface area contributed by atoms with E-state index in [4.69, 9.17) is 12.2 Å². The van der Waals surface area contributed by atoms with Gasteiger partial charge in [-0.25, -0.2) is 4.79 Å². The third kappa shape index (κ3) is 8.54. The van der Waals surface area contributed by atoms with Crippen molar-refractivity contribution in [3.63, 3.8) is 0 Å². The van der Waals surface area contributed by atoms with E-state index >= 15 is 0 Å². The van der Waals surface area contributed by atoms with Gasteiger partial charge in [-0.2, -0.15) is 0 Å². The Morgan fingerprint density at radius 3 is 2.50 bits per heavy atom. The number of methoxy groups -OCH3 is 1. The van der Waals surface area contributed by atoms with Gasteiger partial charge in [-0.3, -0.25) is 0 Å². The molecule has 0 aliphatic heterocycles. The van der Waals surface area contributed by atoms with Crippen molar-refractivity contribution < 1.29 is 9.53 Å². The fourth-order valence-corrected chi connectivity index (χ4v) is 1.42. The molecule has 0 aromatic rings. The molecule has 0 aliphatic rings. The van der Waals surface area contributed by atoms with Crippen molar-refractivity contribution in [1.82, 2.24) is 10.6 Å². The largest absolute Gasteiger partial charge is 0.461 e. The SMILES string of the molecule is COC(=O)SC(=S)NCCNC(=S)S. The summed E-state index contributed by atoms with van der Waals surface area (Å²) in [6, 6.07) is 0. The lowest BCUT2D eigenvalue weighted by atomic mass is 10.6. The van der Waals surface area contributed by atoms with E-state index in [1.165, 1.54) is 7.11 Å². The molecule has 0 saturated heterocycles. The van der Waals surface area contributed by atoms with Gasteiger partial charge in [-0.15, -0.1) is 12.6 Å². The normalized spacial score (nSPS) is 9.00. The first-order chi connectivity index (χ1) is 6.56. The van der Waals surface area contributed by atoms with E-state index in [0.29, 0.717) is 21.7 Å². The number of ether oxygens (including phenoxy) is 1. The third-order valence-corrected chi connectivity index (χ3v) is 2.37. The molecule has 0 aromatic carbocycles. The molecule has 2 N–H and O–H groups in total. The van der Waals surface area contributed by atoms with Gasteiger partial charge >= 0.3 is 5.30 Å². The Kier molecular flexibility index (Phi) is 8.24. The van der Waals surface area contributed by atoms with Gasteiger partial charge in [-0.05, 0) is 0 Å². The van der Waals surface area contributed by atoms with E-state index in [1.807, 2.05) is 0 Å². The molecular formula is C6H10N2O2S4. The zero-order valence-corrected chi connectivity index (χ0v) is 10.7. The summed E-state index contributed by atoms with van der Waals surface area (Å²) in [5, 5.41) is 5.23. The Balaban J connectivity index is 3.45. The van der Waals surface area contributed by atoms with Crippen molar-refractivity contribution >= 4 is 62.8 Å². The fraction of sp³-hybridized carbons (Fsp3) is 0.500. The lowest BCUT2D eigenvalue weighted by Gasteiger charge is -2.06. The van der Waals surface area contributed by atoms with E-state index in [9.17, 15) is 4.79 Å². The van der Waals surface area contributed by atoms with E-state index in [-0.39, 0.29) is 0 Å². The van der Waals surface area contributed by atoms with Crippen LogP contribution in [-0.4, -0.2) is 34.1 Å². The Morgan fingerprint density at radius 1 is 1.43 bits per heavy atom. The van der Waals surface area contributed by atoms with E-state index < -0.39 is 5.30 Å². The summed E-state index contributed by atoms with van der Waals surface area (Å²) in [7, 11) is 1.30. The Labute approximate surface area is 103 Å². The molecule has 0 heterocycles. The van der Waals surface area contributed by atoms with Crippen LogP contribution in [0.2, 0.25) is 0 Å². The summed E-state index contributed by atoms with van der Waals surface area (Å²) in [6.07, 6.45) is 0. The summed E-state index contributed by atoms with van der Waals surface area (Å²) in [5.41, 5.74) is 0. The molecule has 0 aromatic heterocycles. The summed E-state index contributed by atoms with van der Waals surface area (Å²) in [6.45, 7) is 1.17. The zero-order chi connectivity index (χ0) is 11.0. The molecule has 0 fully saturated rings. The Bertz CT molecular complexity index is 234. The highest BCUT2D eigenvalue weighted by Crippen LogP contribution is 2.04. The van der Waals surface area contributed by atoms with Crippen LogP contribution in [0.25, 0.3) is 0 Å². The molecule has 0 unspecified atom stereocenters. The zero-order valence-electron chi connectivity index (χ0n) is 7.40. The fourth-order valence-electron chi connectivity index (χ4n) is 0.487. The number of hydrogen-bond acceptors (Lipinski definition) is 5. The van der Waals surface area contributed by atoms with E-state index in [0.717, 1.165) is 11.8 Å². The highest BCUT2D eigenvalue weighted by Gasteiger charge is 2.05. The van der Waals surface area contributed by atoms with Crippen LogP contribution in [-0.2, 0) is 4.74 Å². The average Bonchev–Trinajstić information content (AvgIpc) is 2.12. The molecule has 0 atom stereocenters. The Hall–Kier alpha value is -0.0500. The van der Waals surface area contributed by atoms with Gasteiger partial charge in [0.15, 0.2) is 0 Å². The number of carbonyl (C=O) groups is 1. The standard InChI is InChI=1S/C6H10N2O2S4/c1-10-6(9)14-5(13)8-3-2-7-4(11)12/h2-3H2,1H3,(H,8,13)(H2,7,11,12). The molecule has 0 bridgehead atoms. The maximum absolute atomic E-state index is 10.7. The molecule has 0 rings (SSSR count). The lowest BCUT2D eigenvalue weighted by molar-refractivity contribution is 0.200. The van der Waals surface area contributed by atoms with Gasteiger partial charge < -0.3 is 15.4 Å². The molecule has 0 aliphatic carbocycles. The maximum atomic E-state index is 10.7. The second kappa shape index (κ2) is 8.27. The van der Waals surface area contributed by atoms with Crippen LogP contribution in [0, 0.1) is 0 Å². The highest BCUT2D eigenvalue weighted by atomic mass is 32.2. The van der Waals surface area contributed by atoms with Crippen LogP contribution in [0.3, 0.4) is 0 Å². The molecule has 14 heavy (non-hydrogen) atoms. The quantitative estimate of drug-likeness (QED) is 0.308. The van der Waals surface area contributed by atoms with Crippen molar-refractivity contribution in [2.24, 2.45) is 0 Å². The van der Waals surface area contributed by atoms with Crippen LogP contribution in [0.4, 0.5) is 4.79 Å². The molecule has 0 saturated carbocycles. The summed E-state index contributed by atoms with van der Waals surface area (Å²) < 4.78 is 5.22. The highest BCUT2D eigenvalue weighted by molar-refractivity contribution is 8.32. The molecule has 0 spiro atoms. The molecule has 8 heteroatoms. The molecule has 0 radical (unpaired) electrons. The molecule has 80 valence electrons. The number of thiol groups is 1. The van der Waals surface area contributed by atoms with Gasteiger partial charge in [0.25, 0.3) is 0 Å². The van der Waals surface area contributed by atoms with Crippen LogP contribution >= 0.6 is 48.8 Å². The van der Waals surface area contributed by atoms with Crippen LogP contribution in [0.1, 0.15) is 0 Å². The predicted octanol–water partition coefficient (Wildman–Crippen LogP) is 1.16. The minimum atomic E-state index is -0.430. The minimum Gasteiger partial charge on any atom is -0.461 e. The average molecular weight is 270 g/mol. The van der Waals surface area contributed by atoms with Crippen molar-refractivity contribution in [1.29, 1.82) is 0 Å². The first-order valence-electron chi connectivity index (χ1n) is 3.56. The summed E-state index contributed by atoms with van der Waals surface area (Å²) in [5.74, 6) is 0. The van der Waals surface area contributed by atoms with Gasteiger partial charge in [0.1, 0.15) is 8.64 Å². The van der Waals surface area contributed by atoms with Crippen molar-refractivity contribution in [3.8, 4) is 0 Å². The van der Waals surface area contributed by atoms with Gasteiger partial charge in [0, 0.05) is 24.9 Å². The minimum absolute atomic E-state index is 0.378. The van der Waals surface area contributed by atoms with Crippen molar-refractivity contribution in [2.75, 3.05) is 20.2 Å². The van der Waals surface area contributed by atoms with Crippen molar-refractivity contribution in [2.45, 2.75) is 0 Å². The lowest BCUT2D eigenvalue weighted by Crippen LogP contribution is -2.30. The van der Waals surface area contributed by atoms with Crippen LogP contribution in [0.5, 0.6) is 0 Å². The monoisotopic (exact) mass is 270 g/mol. The van der Waals surface area contributed by atoms with E-state index in [2.05, 4.69) is 40.2 Å². The molecule has 4 nitrogen and oxygen atoms in total. The summed E-state index contributed by atoms with van der Waals surface area (Å²) >= 11 is 14.2. The Morgan fingerprint density at radius 2 is 2.00 bits per heavy atom. The molecular weight excluding hydrogens is 260 g/mol. The summed E-state index contributed by atoms with van der Waals surface area (Å²) in [4.78, 5) is 10.7. The smallest absolute Gasteiger partial charge is 0.374 e. The first-order valence-corrected chi connectivity index (χ1v) is 5.64. The molecule has 0 amide bonds. The van der Waals surface area contributed by atoms with Crippen molar-refractivity contribution in [3.05, 3.63) is 0 Å². The number of thiocarbonyl (C=S) groups is 2. The topological polar surface area (TPSA) is 50.4 Å². The second-order valence-electron chi connectivity index (χ2n) is 2.00. The van der Waals surface area contributed by atoms with Gasteiger partial charge in [-0.1, -0.05) is 24.4 Å². The third-order valence-electron chi connectivity index (χ3n) is 1.01. The predicted molar refractivity (Wildman–Crippen MR) is 70.2 cm³/mol. The van der Waals surface area contributed by atoms with Gasteiger partial charge in [0.05, 0.1) is 7.11 Å². The second-order valence-corrected chi connectivity index (χ2v) is 4.77. The van der Waals surface area contributed by atoms with Crippen LogP contribution < -0.4 is 10.6 Å². The van der Waals surface area contributed by atoms with Gasteiger partial charge in [0.2, 0.25) is 0 Å². The number of thioether (sulfide) groups is 1. The number of rotatable bonds is 3. The van der Waals surface area contributed by atoms with Crippen LogP contribution in [0.15, 0.2) is 0 Å². The number of hydrogen-bond donors (Lipinski definition) is 3. The number of carbonyl (C=O) groups excluding carboxylic acids is 1. The number of nitrogens with one attached hydrogen (secondary N) is 2. The van der Waals surface area contributed by atoms with E-state index in [1.54, 1.807) is 0 Å². The first kappa shape index (κ1) is 13.9. The maximum Gasteiger partial charge on any atom is 0.374 e.